The van der Waals surface area contributed by atoms with Crippen LogP contribution in [0.5, 0.6) is 0 Å². The van der Waals surface area contributed by atoms with Gasteiger partial charge in [-0.2, -0.15) is 0 Å². The molecule has 3 heteroatoms. The van der Waals surface area contributed by atoms with Crippen molar-refractivity contribution in [3.8, 4) is 0 Å². The van der Waals surface area contributed by atoms with Crippen molar-refractivity contribution in [1.29, 1.82) is 0 Å². The van der Waals surface area contributed by atoms with Gasteiger partial charge in [0, 0.05) is 32.3 Å². The molecule has 0 unspecified atom stereocenters. The Hall–Kier alpha value is 0.210. The first-order valence-electron chi connectivity index (χ1n) is 6.13. The van der Waals surface area contributed by atoms with E-state index in [0.29, 0.717) is 0 Å². The lowest BCUT2D eigenvalue weighted by Gasteiger charge is -2.04. The Morgan fingerprint density at radius 2 is 1.20 bits per heavy atom. The molecule has 15 heavy (non-hydrogen) atoms. The van der Waals surface area contributed by atoms with Gasteiger partial charge in [-0.15, -0.1) is 11.6 Å². The minimum atomic E-state index is 0.745. The summed E-state index contributed by atoms with van der Waals surface area (Å²) >= 11 is 5.55. The fraction of sp³-hybridized carbons (Fsp3) is 1.00. The van der Waals surface area contributed by atoms with Crippen LogP contribution < -0.4 is 0 Å². The summed E-state index contributed by atoms with van der Waals surface area (Å²) in [7, 11) is 0. The first kappa shape index (κ1) is 15.2. The average Bonchev–Trinajstić information content (AvgIpc) is 2.26. The lowest BCUT2D eigenvalue weighted by molar-refractivity contribution is 0.100. The Balaban J connectivity index is 2.81. The van der Waals surface area contributed by atoms with E-state index < -0.39 is 0 Å². The molecule has 2 nitrogen and oxygen atoms in total. The molecule has 0 aliphatic rings. The van der Waals surface area contributed by atoms with E-state index >= 15 is 0 Å². The molecule has 0 aromatic carbocycles. The Labute approximate surface area is 99.3 Å². The quantitative estimate of drug-likeness (QED) is 0.381. The normalized spacial score (nSPS) is 10.8. The van der Waals surface area contributed by atoms with Gasteiger partial charge in [-0.3, -0.25) is 0 Å². The summed E-state index contributed by atoms with van der Waals surface area (Å²) in [6, 6.07) is 0. The first-order valence-corrected chi connectivity index (χ1v) is 6.66. The summed E-state index contributed by atoms with van der Waals surface area (Å²) in [4.78, 5) is 0. The van der Waals surface area contributed by atoms with Crippen molar-refractivity contribution in [1.82, 2.24) is 0 Å². The van der Waals surface area contributed by atoms with Crippen LogP contribution in [0, 0.1) is 0 Å². The standard InChI is InChI=1S/C12H25ClO2/c1-2-3-9-14-11-6-7-12-15-10-5-4-8-13/h2-12H2,1H3. The molecule has 0 saturated heterocycles. The van der Waals surface area contributed by atoms with Gasteiger partial charge in [-0.05, 0) is 32.1 Å². The lowest BCUT2D eigenvalue weighted by atomic mass is 10.3. The molecule has 0 heterocycles. The third-order valence-corrected chi connectivity index (χ3v) is 2.41. The van der Waals surface area contributed by atoms with Crippen molar-refractivity contribution in [2.24, 2.45) is 0 Å². The minimum absolute atomic E-state index is 0.745. The molecule has 0 atom stereocenters. The Kier molecular flexibility index (Phi) is 14.4. The molecule has 0 saturated carbocycles. The van der Waals surface area contributed by atoms with E-state index in [9.17, 15) is 0 Å². The van der Waals surface area contributed by atoms with Crippen molar-refractivity contribution in [2.45, 2.75) is 45.4 Å². The third-order valence-electron chi connectivity index (χ3n) is 2.14. The number of rotatable bonds is 12. The highest BCUT2D eigenvalue weighted by Gasteiger charge is 1.91. The maximum atomic E-state index is 5.55. The predicted octanol–water partition coefficient (Wildman–Crippen LogP) is 3.62. The van der Waals surface area contributed by atoms with E-state index in [1.807, 2.05) is 0 Å². The Morgan fingerprint density at radius 3 is 1.67 bits per heavy atom. The number of hydrogen-bond donors (Lipinski definition) is 0. The summed E-state index contributed by atoms with van der Waals surface area (Å²) in [5.74, 6) is 0.745. The van der Waals surface area contributed by atoms with E-state index in [0.717, 1.165) is 58.0 Å². The molecule has 0 aliphatic carbocycles. The summed E-state index contributed by atoms with van der Waals surface area (Å²) in [6.45, 7) is 5.68. The van der Waals surface area contributed by atoms with Gasteiger partial charge >= 0.3 is 0 Å². The number of unbranched alkanes of at least 4 members (excludes halogenated alkanes) is 3. The molecular weight excluding hydrogens is 212 g/mol. The number of alkyl halides is 1. The summed E-state index contributed by atoms with van der Waals surface area (Å²) in [6.07, 6.45) is 6.74. The van der Waals surface area contributed by atoms with Crippen LogP contribution in [-0.2, 0) is 9.47 Å². The van der Waals surface area contributed by atoms with Gasteiger partial charge in [0.15, 0.2) is 0 Å². The molecule has 0 aromatic heterocycles. The van der Waals surface area contributed by atoms with Gasteiger partial charge in [0.2, 0.25) is 0 Å². The summed E-state index contributed by atoms with van der Waals surface area (Å²) in [5, 5.41) is 0. The van der Waals surface area contributed by atoms with Crippen molar-refractivity contribution >= 4 is 11.6 Å². The van der Waals surface area contributed by atoms with Gasteiger partial charge in [0.25, 0.3) is 0 Å². The van der Waals surface area contributed by atoms with Crippen molar-refractivity contribution in [3.05, 3.63) is 0 Å². The van der Waals surface area contributed by atoms with Gasteiger partial charge in [0.1, 0.15) is 0 Å². The van der Waals surface area contributed by atoms with Crippen LogP contribution in [0.4, 0.5) is 0 Å². The predicted molar refractivity (Wildman–Crippen MR) is 65.7 cm³/mol. The van der Waals surface area contributed by atoms with Gasteiger partial charge in [0.05, 0.1) is 0 Å². The fourth-order valence-corrected chi connectivity index (χ4v) is 1.35. The topological polar surface area (TPSA) is 18.5 Å². The molecule has 92 valence electrons. The molecule has 0 fully saturated rings. The van der Waals surface area contributed by atoms with Crippen LogP contribution in [-0.4, -0.2) is 32.3 Å². The van der Waals surface area contributed by atoms with Crippen LogP contribution in [0.2, 0.25) is 0 Å². The Bertz CT molecular complexity index is 97.8. The molecule has 0 rings (SSSR count). The van der Waals surface area contributed by atoms with Crippen molar-refractivity contribution in [3.63, 3.8) is 0 Å². The highest BCUT2D eigenvalue weighted by atomic mass is 35.5. The van der Waals surface area contributed by atoms with E-state index in [2.05, 4.69) is 6.92 Å². The highest BCUT2D eigenvalue weighted by molar-refractivity contribution is 6.17. The highest BCUT2D eigenvalue weighted by Crippen LogP contribution is 1.96. The van der Waals surface area contributed by atoms with E-state index in [1.54, 1.807) is 0 Å². The van der Waals surface area contributed by atoms with E-state index in [-0.39, 0.29) is 0 Å². The molecule has 0 radical (unpaired) electrons. The number of ether oxygens (including phenoxy) is 2. The third kappa shape index (κ3) is 14.2. The Morgan fingerprint density at radius 1 is 0.733 bits per heavy atom. The second-order valence-electron chi connectivity index (χ2n) is 3.68. The lowest BCUT2D eigenvalue weighted by Crippen LogP contribution is -2.01. The van der Waals surface area contributed by atoms with Crippen LogP contribution in [0.15, 0.2) is 0 Å². The van der Waals surface area contributed by atoms with Crippen molar-refractivity contribution in [2.75, 3.05) is 32.3 Å². The average molecular weight is 237 g/mol. The molecule has 0 N–H and O–H groups in total. The maximum Gasteiger partial charge on any atom is 0.0466 e. The first-order chi connectivity index (χ1) is 7.41. The summed E-state index contributed by atoms with van der Waals surface area (Å²) in [5.41, 5.74) is 0. The monoisotopic (exact) mass is 236 g/mol. The zero-order valence-corrected chi connectivity index (χ0v) is 10.7. The second-order valence-corrected chi connectivity index (χ2v) is 4.06. The zero-order valence-electron chi connectivity index (χ0n) is 9.97. The molecule has 0 aliphatic heterocycles. The second kappa shape index (κ2) is 14.2. The van der Waals surface area contributed by atoms with Crippen LogP contribution in [0.25, 0.3) is 0 Å². The number of hydrogen-bond acceptors (Lipinski definition) is 2. The smallest absolute Gasteiger partial charge is 0.0466 e. The molecule has 0 bridgehead atoms. The molecule has 0 aromatic rings. The largest absolute Gasteiger partial charge is 0.381 e. The van der Waals surface area contributed by atoms with Gasteiger partial charge < -0.3 is 9.47 Å². The molecular formula is C12H25ClO2. The van der Waals surface area contributed by atoms with E-state index in [4.69, 9.17) is 21.1 Å². The van der Waals surface area contributed by atoms with Crippen LogP contribution >= 0.6 is 11.6 Å². The number of halogens is 1. The maximum absolute atomic E-state index is 5.55. The van der Waals surface area contributed by atoms with Crippen LogP contribution in [0.1, 0.15) is 45.4 Å². The van der Waals surface area contributed by atoms with Crippen LogP contribution in [0.3, 0.4) is 0 Å². The van der Waals surface area contributed by atoms with Gasteiger partial charge in [-0.1, -0.05) is 13.3 Å². The SMILES string of the molecule is CCCCOCCCCOCCCCCl. The zero-order chi connectivity index (χ0) is 11.2. The fourth-order valence-electron chi connectivity index (χ4n) is 1.16. The minimum Gasteiger partial charge on any atom is -0.381 e. The molecule has 0 amide bonds. The van der Waals surface area contributed by atoms with Crippen molar-refractivity contribution < 1.29 is 9.47 Å². The van der Waals surface area contributed by atoms with Gasteiger partial charge in [-0.25, -0.2) is 0 Å². The summed E-state index contributed by atoms with van der Waals surface area (Å²) < 4.78 is 10.9. The van der Waals surface area contributed by atoms with E-state index in [1.165, 1.54) is 12.8 Å². The molecule has 0 spiro atoms.